The van der Waals surface area contributed by atoms with Crippen LogP contribution in [0.4, 0.5) is 5.95 Å². The summed E-state index contributed by atoms with van der Waals surface area (Å²) in [6, 6.07) is 0. The van der Waals surface area contributed by atoms with Crippen LogP contribution in [0.1, 0.15) is 41.1 Å². The largest absolute Gasteiger partial charge is 0.378 e. The van der Waals surface area contributed by atoms with Crippen LogP contribution in [0.5, 0.6) is 0 Å². The Morgan fingerprint density at radius 1 is 1.21 bits per heavy atom. The third-order valence-electron chi connectivity index (χ3n) is 6.23. The Morgan fingerprint density at radius 3 is 2.86 bits per heavy atom. The zero-order chi connectivity index (χ0) is 19.1. The number of imidazole rings is 1. The quantitative estimate of drug-likeness (QED) is 0.779. The van der Waals surface area contributed by atoms with Crippen LogP contribution >= 0.6 is 0 Å². The summed E-state index contributed by atoms with van der Waals surface area (Å²) in [5.74, 6) is 0.904. The summed E-state index contributed by atoms with van der Waals surface area (Å²) in [5, 5.41) is 0. The van der Waals surface area contributed by atoms with Gasteiger partial charge in [0.2, 0.25) is 5.95 Å². The number of carbonyl (C=O) groups excluding carboxylic acids is 1. The van der Waals surface area contributed by atoms with Crippen LogP contribution in [0.25, 0.3) is 0 Å². The van der Waals surface area contributed by atoms with Gasteiger partial charge in [-0.2, -0.15) is 0 Å². The molecule has 1 unspecified atom stereocenters. The van der Waals surface area contributed by atoms with Crippen molar-refractivity contribution in [2.24, 2.45) is 0 Å². The normalized spacial score (nSPS) is 24.6. The molecule has 0 aromatic carbocycles. The van der Waals surface area contributed by atoms with Gasteiger partial charge in [0.25, 0.3) is 11.5 Å². The number of piperidine rings is 1. The Kier molecular flexibility index (Phi) is 4.19. The average molecular weight is 384 g/mol. The lowest BCUT2D eigenvalue weighted by Crippen LogP contribution is -2.48. The highest BCUT2D eigenvalue weighted by Gasteiger charge is 2.46. The number of H-pyrrole nitrogens is 2. The number of hydrogen-bond acceptors (Lipinski definition) is 6. The molecule has 0 radical (unpaired) electrons. The SMILES string of the molecule is O=C(c1ncc[nH]1)N1CCCC2(CCc3c2nc(N2CCOCC2)[nH]c3=O)C1. The van der Waals surface area contributed by atoms with E-state index in [-0.39, 0.29) is 16.9 Å². The second kappa shape index (κ2) is 6.73. The molecule has 2 aromatic rings. The van der Waals surface area contributed by atoms with Crippen LogP contribution in [0.15, 0.2) is 17.2 Å². The number of likely N-dealkylation sites (tertiary alicyclic amines) is 1. The fourth-order valence-electron chi connectivity index (χ4n) is 4.80. The number of morpholine rings is 1. The van der Waals surface area contributed by atoms with E-state index in [9.17, 15) is 9.59 Å². The molecule has 1 atom stereocenters. The number of nitrogens with zero attached hydrogens (tertiary/aromatic N) is 4. The number of fused-ring (bicyclic) bond motifs is 2. The molecule has 1 aliphatic carbocycles. The summed E-state index contributed by atoms with van der Waals surface area (Å²) in [5.41, 5.74) is 1.38. The van der Waals surface area contributed by atoms with E-state index in [0.29, 0.717) is 44.5 Å². The minimum absolute atomic E-state index is 0.0437. The Balaban J connectivity index is 1.48. The standard InChI is InChI=1S/C19H24N6O3/c26-16-13-2-4-19(14(13)22-18(23-16)24-8-10-28-11-9-24)3-1-7-25(12-19)17(27)15-20-5-6-21-15/h5-6H,1-4,7-12H2,(H,20,21)(H,22,23,26). The van der Waals surface area contributed by atoms with Gasteiger partial charge in [-0.15, -0.1) is 0 Å². The van der Waals surface area contributed by atoms with E-state index in [0.717, 1.165) is 43.6 Å². The molecule has 9 nitrogen and oxygen atoms in total. The Morgan fingerprint density at radius 2 is 2.07 bits per heavy atom. The molecular formula is C19H24N6O3. The van der Waals surface area contributed by atoms with Gasteiger partial charge >= 0.3 is 0 Å². The average Bonchev–Trinajstić information content (AvgIpc) is 3.38. The molecule has 3 aliphatic rings. The molecule has 1 amide bonds. The highest BCUT2D eigenvalue weighted by Crippen LogP contribution is 2.43. The van der Waals surface area contributed by atoms with Crippen molar-refractivity contribution in [2.45, 2.75) is 31.1 Å². The van der Waals surface area contributed by atoms with Crippen molar-refractivity contribution < 1.29 is 9.53 Å². The number of nitrogens with one attached hydrogen (secondary N) is 2. The van der Waals surface area contributed by atoms with Crippen molar-refractivity contribution in [1.29, 1.82) is 0 Å². The van der Waals surface area contributed by atoms with E-state index < -0.39 is 0 Å². The number of hydrogen-bond donors (Lipinski definition) is 2. The number of ether oxygens (including phenoxy) is 1. The minimum atomic E-state index is -0.245. The van der Waals surface area contributed by atoms with E-state index in [4.69, 9.17) is 9.72 Å². The third kappa shape index (κ3) is 2.81. The Hall–Kier alpha value is -2.68. The maximum Gasteiger partial charge on any atom is 0.289 e. The highest BCUT2D eigenvalue weighted by molar-refractivity contribution is 5.90. The topological polar surface area (TPSA) is 107 Å². The molecule has 148 valence electrons. The minimum Gasteiger partial charge on any atom is -0.378 e. The molecule has 2 saturated heterocycles. The van der Waals surface area contributed by atoms with Crippen molar-refractivity contribution >= 4 is 11.9 Å². The fourth-order valence-corrected chi connectivity index (χ4v) is 4.80. The number of carbonyl (C=O) groups is 1. The summed E-state index contributed by atoms with van der Waals surface area (Å²) in [6.45, 7) is 4.00. The maximum absolute atomic E-state index is 12.8. The molecule has 2 aliphatic heterocycles. The van der Waals surface area contributed by atoms with E-state index in [1.165, 1.54) is 0 Å². The zero-order valence-electron chi connectivity index (χ0n) is 15.7. The smallest absolute Gasteiger partial charge is 0.289 e. The lowest BCUT2D eigenvalue weighted by molar-refractivity contribution is 0.0622. The molecule has 5 rings (SSSR count). The summed E-state index contributed by atoms with van der Waals surface area (Å²) < 4.78 is 5.42. The molecule has 2 N–H and O–H groups in total. The van der Waals surface area contributed by atoms with E-state index >= 15 is 0 Å². The van der Waals surface area contributed by atoms with Gasteiger partial charge in [0.05, 0.1) is 18.9 Å². The molecule has 28 heavy (non-hydrogen) atoms. The number of aromatic nitrogens is 4. The van der Waals surface area contributed by atoms with Gasteiger partial charge in [0.15, 0.2) is 5.82 Å². The highest BCUT2D eigenvalue weighted by atomic mass is 16.5. The number of rotatable bonds is 2. The van der Waals surface area contributed by atoms with Gasteiger partial charge in [-0.3, -0.25) is 14.6 Å². The van der Waals surface area contributed by atoms with Gasteiger partial charge in [-0.25, -0.2) is 9.97 Å². The van der Waals surface area contributed by atoms with Gasteiger partial charge in [0.1, 0.15) is 0 Å². The number of anilines is 1. The first-order valence-corrected chi connectivity index (χ1v) is 9.91. The Bertz CT molecular complexity index is 934. The molecule has 2 aromatic heterocycles. The lowest BCUT2D eigenvalue weighted by atomic mass is 9.77. The predicted octanol–water partition coefficient (Wildman–Crippen LogP) is 0.450. The maximum atomic E-state index is 12.8. The van der Waals surface area contributed by atoms with Gasteiger partial charge < -0.3 is 19.5 Å². The zero-order valence-corrected chi connectivity index (χ0v) is 15.7. The Labute approximate surface area is 162 Å². The molecule has 4 heterocycles. The number of amides is 1. The first-order valence-electron chi connectivity index (χ1n) is 9.91. The summed E-state index contributed by atoms with van der Waals surface area (Å²) in [7, 11) is 0. The second-order valence-electron chi connectivity index (χ2n) is 7.86. The van der Waals surface area contributed by atoms with Crippen LogP contribution in [0.2, 0.25) is 0 Å². The molecular weight excluding hydrogens is 360 g/mol. The van der Waals surface area contributed by atoms with E-state index in [1.807, 2.05) is 4.90 Å². The van der Waals surface area contributed by atoms with Crippen LogP contribution in [0, 0.1) is 0 Å². The molecule has 1 spiro atoms. The third-order valence-corrected chi connectivity index (χ3v) is 6.23. The van der Waals surface area contributed by atoms with Crippen molar-refractivity contribution in [2.75, 3.05) is 44.3 Å². The van der Waals surface area contributed by atoms with Gasteiger partial charge in [-0.1, -0.05) is 0 Å². The van der Waals surface area contributed by atoms with Crippen LogP contribution in [-0.4, -0.2) is 70.1 Å². The van der Waals surface area contributed by atoms with Gasteiger partial charge in [-0.05, 0) is 25.7 Å². The van der Waals surface area contributed by atoms with Crippen LogP contribution < -0.4 is 10.5 Å². The molecule has 0 bridgehead atoms. The summed E-state index contributed by atoms with van der Waals surface area (Å²) >= 11 is 0. The molecule has 2 fully saturated rings. The van der Waals surface area contributed by atoms with E-state index in [2.05, 4.69) is 19.9 Å². The van der Waals surface area contributed by atoms with E-state index in [1.54, 1.807) is 12.4 Å². The first kappa shape index (κ1) is 17.4. The van der Waals surface area contributed by atoms with Crippen LogP contribution in [-0.2, 0) is 16.6 Å². The van der Waals surface area contributed by atoms with Gasteiger partial charge in [0, 0.05) is 49.6 Å². The molecule has 9 heteroatoms. The van der Waals surface area contributed by atoms with Crippen molar-refractivity contribution in [3.8, 4) is 0 Å². The molecule has 0 saturated carbocycles. The van der Waals surface area contributed by atoms with Crippen molar-refractivity contribution in [1.82, 2.24) is 24.8 Å². The first-order chi connectivity index (χ1) is 13.7. The second-order valence-corrected chi connectivity index (χ2v) is 7.86. The monoisotopic (exact) mass is 384 g/mol. The predicted molar refractivity (Wildman–Crippen MR) is 102 cm³/mol. The van der Waals surface area contributed by atoms with Crippen LogP contribution in [0.3, 0.4) is 0 Å². The van der Waals surface area contributed by atoms with Crippen molar-refractivity contribution in [3.05, 3.63) is 39.8 Å². The summed E-state index contributed by atoms with van der Waals surface area (Å²) in [6.07, 6.45) is 6.66. The fraction of sp³-hybridized carbons (Fsp3) is 0.579. The number of aromatic amines is 2. The summed E-state index contributed by atoms with van der Waals surface area (Å²) in [4.78, 5) is 44.4. The lowest BCUT2D eigenvalue weighted by Gasteiger charge is -2.40. The van der Waals surface area contributed by atoms with Crippen molar-refractivity contribution in [3.63, 3.8) is 0 Å².